The van der Waals surface area contributed by atoms with E-state index in [1.807, 2.05) is 24.3 Å². The number of benzene rings is 4. The molecule has 0 aromatic heterocycles. The minimum absolute atomic E-state index is 0.0868. The summed E-state index contributed by atoms with van der Waals surface area (Å²) in [5, 5.41) is 44.8. The van der Waals surface area contributed by atoms with Crippen LogP contribution in [0.1, 0.15) is 0 Å². The van der Waals surface area contributed by atoms with E-state index in [-0.39, 0.29) is 16.9 Å². The molecular weight excluding hydrogens is 280 g/mol. The molecule has 0 fully saturated rings. The van der Waals surface area contributed by atoms with Gasteiger partial charge in [-0.3, -0.25) is 0 Å². The highest BCUT2D eigenvalue weighted by Crippen LogP contribution is 2.57. The van der Waals surface area contributed by atoms with Gasteiger partial charge in [-0.05, 0) is 34.0 Å². The predicted molar refractivity (Wildman–Crippen MR) is 84.6 cm³/mol. The van der Waals surface area contributed by atoms with E-state index in [1.54, 1.807) is 6.07 Å². The number of phenols is 4. The van der Waals surface area contributed by atoms with E-state index in [0.717, 1.165) is 27.3 Å². The SMILES string of the molecule is Oc1cc2c3c(c1O)c(O)c(O)c1ccc4cccc-2c4c13. The molecule has 0 heterocycles. The van der Waals surface area contributed by atoms with Crippen molar-refractivity contribution < 1.29 is 20.4 Å². The lowest BCUT2D eigenvalue weighted by atomic mass is 9.98. The summed E-state index contributed by atoms with van der Waals surface area (Å²) in [6.07, 6.45) is 0. The standard InChI is InChI=1S/C18H10O4/c19-11-6-10-8-3-1-2-7-4-5-9-13(12(7)8)14(10)15(17(11)21)18(22)16(9)20/h1-6,19-22H. The first-order valence-corrected chi connectivity index (χ1v) is 6.88. The maximum absolute atomic E-state index is 10.3. The predicted octanol–water partition coefficient (Wildman–Crippen LogP) is 3.95. The van der Waals surface area contributed by atoms with Crippen LogP contribution in [0.15, 0.2) is 36.4 Å². The van der Waals surface area contributed by atoms with Gasteiger partial charge in [-0.25, -0.2) is 0 Å². The van der Waals surface area contributed by atoms with Crippen molar-refractivity contribution in [3.8, 4) is 34.1 Å². The second-order valence-corrected chi connectivity index (χ2v) is 5.63. The van der Waals surface area contributed by atoms with Gasteiger partial charge in [0, 0.05) is 16.2 Å². The fourth-order valence-corrected chi connectivity index (χ4v) is 3.67. The molecule has 4 N–H and O–H groups in total. The average Bonchev–Trinajstić information content (AvgIpc) is 2.84. The normalized spacial score (nSPS) is 12.4. The summed E-state index contributed by atoms with van der Waals surface area (Å²) < 4.78 is 0. The first-order valence-electron chi connectivity index (χ1n) is 6.88. The highest BCUT2D eigenvalue weighted by Gasteiger charge is 2.28. The van der Waals surface area contributed by atoms with Crippen molar-refractivity contribution in [2.45, 2.75) is 0 Å². The summed E-state index contributed by atoms with van der Waals surface area (Å²) in [7, 11) is 0. The topological polar surface area (TPSA) is 80.9 Å². The van der Waals surface area contributed by atoms with E-state index in [1.165, 1.54) is 6.07 Å². The first kappa shape index (κ1) is 11.5. The van der Waals surface area contributed by atoms with Crippen LogP contribution in [0.25, 0.3) is 43.4 Å². The second-order valence-electron chi connectivity index (χ2n) is 5.63. The Labute approximate surface area is 124 Å². The van der Waals surface area contributed by atoms with Crippen LogP contribution in [0.3, 0.4) is 0 Å². The maximum Gasteiger partial charge on any atom is 0.170 e. The summed E-state index contributed by atoms with van der Waals surface area (Å²) in [6.45, 7) is 0. The lowest BCUT2D eigenvalue weighted by molar-refractivity contribution is 0.397. The number of hydrogen-bond acceptors (Lipinski definition) is 4. The molecule has 0 radical (unpaired) electrons. The number of rotatable bonds is 0. The summed E-state index contributed by atoms with van der Waals surface area (Å²) in [4.78, 5) is 0. The third-order valence-electron chi connectivity index (χ3n) is 4.58. The molecule has 4 heteroatoms. The van der Waals surface area contributed by atoms with Gasteiger partial charge in [-0.15, -0.1) is 0 Å². The van der Waals surface area contributed by atoms with Crippen LogP contribution in [0.2, 0.25) is 0 Å². The van der Waals surface area contributed by atoms with E-state index in [9.17, 15) is 20.4 Å². The van der Waals surface area contributed by atoms with Gasteiger partial charge in [0.1, 0.15) is 0 Å². The van der Waals surface area contributed by atoms with Crippen LogP contribution in [-0.2, 0) is 0 Å². The highest BCUT2D eigenvalue weighted by atomic mass is 16.3. The molecule has 1 aliphatic rings. The van der Waals surface area contributed by atoms with Gasteiger partial charge in [0.2, 0.25) is 0 Å². The maximum atomic E-state index is 10.3. The lowest BCUT2D eigenvalue weighted by Crippen LogP contribution is -1.82. The summed E-state index contributed by atoms with van der Waals surface area (Å²) in [5.74, 6) is -1.43. The summed E-state index contributed by atoms with van der Waals surface area (Å²) >= 11 is 0. The molecule has 0 spiro atoms. The molecule has 0 amide bonds. The third-order valence-corrected chi connectivity index (χ3v) is 4.58. The van der Waals surface area contributed by atoms with Crippen LogP contribution < -0.4 is 0 Å². The highest BCUT2D eigenvalue weighted by molar-refractivity contribution is 6.35. The van der Waals surface area contributed by atoms with Crippen molar-refractivity contribution in [3.05, 3.63) is 36.4 Å². The van der Waals surface area contributed by atoms with Crippen molar-refractivity contribution >= 4 is 32.3 Å². The van der Waals surface area contributed by atoms with Crippen LogP contribution >= 0.6 is 0 Å². The number of aromatic hydroxyl groups is 4. The molecule has 0 aliphatic heterocycles. The van der Waals surface area contributed by atoms with Crippen molar-refractivity contribution in [2.75, 3.05) is 0 Å². The molecule has 0 saturated heterocycles. The van der Waals surface area contributed by atoms with Crippen LogP contribution in [-0.4, -0.2) is 20.4 Å². The smallest absolute Gasteiger partial charge is 0.170 e. The zero-order chi connectivity index (χ0) is 15.2. The molecular formula is C18H10O4. The Morgan fingerprint density at radius 3 is 2.23 bits per heavy atom. The lowest BCUT2D eigenvalue weighted by Gasteiger charge is -2.11. The van der Waals surface area contributed by atoms with Crippen molar-refractivity contribution in [3.63, 3.8) is 0 Å². The monoisotopic (exact) mass is 290 g/mol. The molecule has 0 atom stereocenters. The Morgan fingerprint density at radius 2 is 1.41 bits per heavy atom. The molecule has 0 saturated carbocycles. The third kappa shape index (κ3) is 1.04. The van der Waals surface area contributed by atoms with Crippen molar-refractivity contribution in [1.82, 2.24) is 0 Å². The Balaban J connectivity index is 2.29. The minimum atomic E-state index is -0.418. The van der Waals surface area contributed by atoms with E-state index in [0.29, 0.717) is 10.8 Å². The largest absolute Gasteiger partial charge is 0.504 e. The van der Waals surface area contributed by atoms with E-state index in [2.05, 4.69) is 0 Å². The van der Waals surface area contributed by atoms with Gasteiger partial charge < -0.3 is 20.4 Å². The molecule has 5 rings (SSSR count). The first-order chi connectivity index (χ1) is 10.6. The number of phenolic OH excluding ortho intramolecular Hbond substituents is 4. The van der Waals surface area contributed by atoms with Gasteiger partial charge in [-0.2, -0.15) is 0 Å². The second kappa shape index (κ2) is 3.36. The molecule has 4 aromatic rings. The Hall–Kier alpha value is -3.14. The van der Waals surface area contributed by atoms with Crippen LogP contribution in [0.5, 0.6) is 23.0 Å². The molecule has 1 aliphatic carbocycles. The van der Waals surface area contributed by atoms with Crippen LogP contribution in [0, 0.1) is 0 Å². The molecule has 0 bridgehead atoms. The van der Waals surface area contributed by atoms with Gasteiger partial charge in [0.05, 0.1) is 5.39 Å². The van der Waals surface area contributed by atoms with Gasteiger partial charge in [-0.1, -0.05) is 24.3 Å². The molecule has 22 heavy (non-hydrogen) atoms. The van der Waals surface area contributed by atoms with Gasteiger partial charge in [0.25, 0.3) is 0 Å². The minimum Gasteiger partial charge on any atom is -0.504 e. The zero-order valence-corrected chi connectivity index (χ0v) is 11.3. The van der Waals surface area contributed by atoms with Gasteiger partial charge >= 0.3 is 0 Å². The molecule has 106 valence electrons. The fraction of sp³-hybridized carbons (Fsp3) is 0. The summed E-state index contributed by atoms with van der Waals surface area (Å²) in [6, 6.07) is 11.0. The van der Waals surface area contributed by atoms with Crippen LogP contribution in [0.4, 0.5) is 0 Å². The molecule has 4 aromatic carbocycles. The van der Waals surface area contributed by atoms with Crippen molar-refractivity contribution in [2.24, 2.45) is 0 Å². The van der Waals surface area contributed by atoms with Crippen molar-refractivity contribution in [1.29, 1.82) is 0 Å². The van der Waals surface area contributed by atoms with Gasteiger partial charge in [0.15, 0.2) is 23.0 Å². The number of fused-ring (bicyclic) bond motifs is 1. The van der Waals surface area contributed by atoms with E-state index < -0.39 is 11.5 Å². The van der Waals surface area contributed by atoms with E-state index in [4.69, 9.17) is 0 Å². The number of hydrogen-bond donors (Lipinski definition) is 4. The Kier molecular flexibility index (Phi) is 1.76. The Morgan fingerprint density at radius 1 is 0.591 bits per heavy atom. The average molecular weight is 290 g/mol. The fourth-order valence-electron chi connectivity index (χ4n) is 3.67. The quantitative estimate of drug-likeness (QED) is 0.257. The summed E-state index contributed by atoms with van der Waals surface area (Å²) in [5.41, 5.74) is 1.67. The Bertz CT molecular complexity index is 1160. The molecule has 0 unspecified atom stereocenters. The van der Waals surface area contributed by atoms with E-state index >= 15 is 0 Å². The zero-order valence-electron chi connectivity index (χ0n) is 11.3. The molecule has 4 nitrogen and oxygen atoms in total.